The third-order valence-electron chi connectivity index (χ3n) is 3.20. The summed E-state index contributed by atoms with van der Waals surface area (Å²) < 4.78 is 17.1. The number of hydrogen-bond donors (Lipinski definition) is 1. The summed E-state index contributed by atoms with van der Waals surface area (Å²) >= 11 is 0. The van der Waals surface area contributed by atoms with Gasteiger partial charge in [-0.3, -0.25) is 5.32 Å². The van der Waals surface area contributed by atoms with Gasteiger partial charge in [0.15, 0.2) is 5.69 Å². The zero-order chi connectivity index (χ0) is 17.0. The lowest BCUT2D eigenvalue weighted by molar-refractivity contribution is -0.0396. The topological polar surface area (TPSA) is 91.7 Å². The van der Waals surface area contributed by atoms with Gasteiger partial charge in [-0.25, -0.2) is 14.3 Å². The fourth-order valence-corrected chi connectivity index (χ4v) is 2.22. The Labute approximate surface area is 135 Å². The number of rotatable bonds is 3. The van der Waals surface area contributed by atoms with Crippen LogP contribution in [0.15, 0.2) is 6.20 Å². The van der Waals surface area contributed by atoms with Crippen molar-refractivity contribution >= 4 is 17.7 Å². The molecule has 1 aliphatic rings. The molecule has 0 radical (unpaired) electrons. The highest BCUT2D eigenvalue weighted by molar-refractivity contribution is 5.97. The molecule has 23 heavy (non-hydrogen) atoms. The van der Waals surface area contributed by atoms with Crippen LogP contribution >= 0.6 is 0 Å². The molecule has 2 rings (SSSR count). The highest BCUT2D eigenvalue weighted by atomic mass is 16.6. The third kappa shape index (κ3) is 4.69. The molecule has 1 N–H and O–H groups in total. The first kappa shape index (κ1) is 17.3. The number of carbonyl (C=O) groups is 2. The van der Waals surface area contributed by atoms with Gasteiger partial charge < -0.3 is 14.2 Å². The van der Waals surface area contributed by atoms with Crippen LogP contribution in [0.2, 0.25) is 0 Å². The summed E-state index contributed by atoms with van der Waals surface area (Å²) in [6, 6.07) is 0. The number of methoxy groups -OCH3 is 1. The van der Waals surface area contributed by atoms with Crippen molar-refractivity contribution in [3.63, 3.8) is 0 Å². The molecule has 0 bridgehead atoms. The van der Waals surface area contributed by atoms with Gasteiger partial charge in [0.25, 0.3) is 0 Å². The van der Waals surface area contributed by atoms with Crippen LogP contribution < -0.4 is 5.32 Å². The molecule has 0 aromatic carbocycles. The predicted octanol–water partition coefficient (Wildman–Crippen LogP) is 2.72. The van der Waals surface area contributed by atoms with E-state index in [1.54, 1.807) is 27.0 Å². The van der Waals surface area contributed by atoms with Gasteiger partial charge in [0.2, 0.25) is 0 Å². The second-order valence-corrected chi connectivity index (χ2v) is 6.31. The fraction of sp³-hybridized carbons (Fsp3) is 0.667. The summed E-state index contributed by atoms with van der Waals surface area (Å²) in [5, 5.41) is 6.74. The Bertz CT molecular complexity index is 570. The Kier molecular flexibility index (Phi) is 5.25. The molecule has 1 saturated heterocycles. The summed E-state index contributed by atoms with van der Waals surface area (Å²) in [4.78, 5) is 23.8. The molecule has 1 fully saturated rings. The average Bonchev–Trinajstić information content (AvgIpc) is 2.89. The third-order valence-corrected chi connectivity index (χ3v) is 3.20. The molecule has 128 valence electrons. The van der Waals surface area contributed by atoms with Gasteiger partial charge in [0, 0.05) is 6.61 Å². The van der Waals surface area contributed by atoms with Crippen LogP contribution in [-0.4, -0.2) is 41.2 Å². The zero-order valence-corrected chi connectivity index (χ0v) is 13.9. The highest BCUT2D eigenvalue weighted by Crippen LogP contribution is 2.25. The number of amides is 1. The first-order valence-corrected chi connectivity index (χ1v) is 7.59. The van der Waals surface area contributed by atoms with Gasteiger partial charge in [-0.1, -0.05) is 0 Å². The SMILES string of the molecule is COC(=O)c1nn(C2CCCCO2)cc1NC(=O)OC(C)(C)C. The molecule has 8 heteroatoms. The van der Waals surface area contributed by atoms with Crippen LogP contribution in [0.25, 0.3) is 0 Å². The van der Waals surface area contributed by atoms with E-state index in [1.165, 1.54) is 11.8 Å². The Morgan fingerprint density at radius 1 is 1.39 bits per heavy atom. The average molecular weight is 325 g/mol. The first-order chi connectivity index (χ1) is 10.8. The molecule has 0 spiro atoms. The van der Waals surface area contributed by atoms with Gasteiger partial charge in [0.1, 0.15) is 11.8 Å². The van der Waals surface area contributed by atoms with Crippen molar-refractivity contribution < 1.29 is 23.8 Å². The predicted molar refractivity (Wildman–Crippen MR) is 82.3 cm³/mol. The molecule has 0 saturated carbocycles. The molecule has 1 atom stereocenters. The van der Waals surface area contributed by atoms with Gasteiger partial charge in [-0.05, 0) is 40.0 Å². The van der Waals surface area contributed by atoms with E-state index in [2.05, 4.69) is 10.4 Å². The lowest BCUT2D eigenvalue weighted by Crippen LogP contribution is -2.27. The van der Waals surface area contributed by atoms with E-state index >= 15 is 0 Å². The summed E-state index contributed by atoms with van der Waals surface area (Å²) in [5.41, 5.74) is -0.384. The van der Waals surface area contributed by atoms with Crippen LogP contribution in [-0.2, 0) is 14.2 Å². The smallest absolute Gasteiger partial charge is 0.412 e. The zero-order valence-electron chi connectivity index (χ0n) is 13.9. The molecular formula is C15H23N3O5. The van der Waals surface area contributed by atoms with Crippen molar-refractivity contribution in [3.8, 4) is 0 Å². The first-order valence-electron chi connectivity index (χ1n) is 7.59. The van der Waals surface area contributed by atoms with Gasteiger partial charge in [-0.15, -0.1) is 0 Å². The maximum Gasteiger partial charge on any atom is 0.412 e. The second kappa shape index (κ2) is 6.99. The summed E-state index contributed by atoms with van der Waals surface area (Å²) in [6.45, 7) is 5.92. The Morgan fingerprint density at radius 2 is 2.13 bits per heavy atom. The normalized spacial score (nSPS) is 18.3. The Morgan fingerprint density at radius 3 is 2.70 bits per heavy atom. The van der Waals surface area contributed by atoms with Crippen molar-refractivity contribution in [3.05, 3.63) is 11.9 Å². The minimum atomic E-state index is -0.660. The largest absolute Gasteiger partial charge is 0.464 e. The molecule has 1 aromatic rings. The van der Waals surface area contributed by atoms with E-state index in [9.17, 15) is 9.59 Å². The number of ether oxygens (including phenoxy) is 3. The van der Waals surface area contributed by atoms with Crippen molar-refractivity contribution in [1.82, 2.24) is 9.78 Å². The standard InChI is InChI=1S/C15H23N3O5/c1-15(2,3)23-14(20)16-10-9-18(11-7-5-6-8-22-11)17-12(10)13(19)21-4/h9,11H,5-8H2,1-4H3,(H,16,20). The van der Waals surface area contributed by atoms with E-state index in [0.717, 1.165) is 19.3 Å². The van der Waals surface area contributed by atoms with E-state index in [4.69, 9.17) is 14.2 Å². The minimum absolute atomic E-state index is 0.0209. The molecule has 1 unspecified atom stereocenters. The number of hydrogen-bond acceptors (Lipinski definition) is 6. The molecule has 1 aromatic heterocycles. The lowest BCUT2D eigenvalue weighted by Gasteiger charge is -2.22. The van der Waals surface area contributed by atoms with Crippen molar-refractivity contribution in [2.75, 3.05) is 19.0 Å². The summed E-state index contributed by atoms with van der Waals surface area (Å²) in [7, 11) is 1.26. The van der Waals surface area contributed by atoms with Crippen molar-refractivity contribution in [2.24, 2.45) is 0 Å². The fourth-order valence-electron chi connectivity index (χ4n) is 2.22. The molecule has 2 heterocycles. The maximum absolute atomic E-state index is 11.9. The van der Waals surface area contributed by atoms with E-state index < -0.39 is 17.7 Å². The summed E-state index contributed by atoms with van der Waals surface area (Å²) in [6.07, 6.45) is 3.48. The van der Waals surface area contributed by atoms with E-state index in [1.807, 2.05) is 0 Å². The molecular weight excluding hydrogens is 302 g/mol. The lowest BCUT2D eigenvalue weighted by atomic mass is 10.2. The minimum Gasteiger partial charge on any atom is -0.464 e. The van der Waals surface area contributed by atoms with Gasteiger partial charge in [-0.2, -0.15) is 5.10 Å². The number of carbonyl (C=O) groups excluding carboxylic acids is 2. The summed E-state index contributed by atoms with van der Waals surface area (Å²) in [5.74, 6) is -0.634. The maximum atomic E-state index is 11.9. The van der Waals surface area contributed by atoms with Gasteiger partial charge >= 0.3 is 12.1 Å². The van der Waals surface area contributed by atoms with Crippen molar-refractivity contribution in [2.45, 2.75) is 51.9 Å². The molecule has 8 nitrogen and oxygen atoms in total. The van der Waals surface area contributed by atoms with Crippen LogP contribution in [0.3, 0.4) is 0 Å². The van der Waals surface area contributed by atoms with E-state index in [-0.39, 0.29) is 17.6 Å². The molecule has 0 aliphatic carbocycles. The Hall–Kier alpha value is -2.09. The molecule has 1 amide bonds. The van der Waals surface area contributed by atoms with Crippen LogP contribution in [0.5, 0.6) is 0 Å². The van der Waals surface area contributed by atoms with E-state index in [0.29, 0.717) is 6.61 Å². The quantitative estimate of drug-likeness (QED) is 0.859. The monoisotopic (exact) mass is 325 g/mol. The van der Waals surface area contributed by atoms with Gasteiger partial charge in [0.05, 0.1) is 19.0 Å². The van der Waals surface area contributed by atoms with Crippen LogP contribution in [0.1, 0.15) is 56.8 Å². The second-order valence-electron chi connectivity index (χ2n) is 6.31. The molecule has 1 aliphatic heterocycles. The van der Waals surface area contributed by atoms with Crippen LogP contribution in [0.4, 0.5) is 10.5 Å². The van der Waals surface area contributed by atoms with Crippen molar-refractivity contribution in [1.29, 1.82) is 0 Å². The number of anilines is 1. The Balaban J connectivity index is 2.20. The number of nitrogens with zero attached hydrogens (tertiary/aromatic N) is 2. The number of aromatic nitrogens is 2. The highest BCUT2D eigenvalue weighted by Gasteiger charge is 2.25. The number of esters is 1. The number of nitrogens with one attached hydrogen (secondary N) is 1. The van der Waals surface area contributed by atoms with Crippen LogP contribution in [0, 0.1) is 0 Å².